The molecular formula is C31H51NO2. The summed E-state index contributed by atoms with van der Waals surface area (Å²) in [5.41, 5.74) is 9.40. The Morgan fingerprint density at radius 3 is 2.18 bits per heavy atom. The number of fused-ring (bicyclic) bond motifs is 7. The molecule has 3 heteroatoms. The van der Waals surface area contributed by atoms with Gasteiger partial charge in [0.1, 0.15) is 0 Å². The first-order valence-electron chi connectivity index (χ1n) is 14.2. The van der Waals surface area contributed by atoms with E-state index in [0.717, 1.165) is 25.0 Å². The molecule has 5 rings (SSSR count). The van der Waals surface area contributed by atoms with Gasteiger partial charge < -0.3 is 15.9 Å². The minimum absolute atomic E-state index is 0.0985. The number of aliphatic hydroxyl groups excluding tert-OH is 2. The van der Waals surface area contributed by atoms with Gasteiger partial charge in [-0.05, 0) is 117 Å². The summed E-state index contributed by atoms with van der Waals surface area (Å²) in [4.78, 5) is 0. The van der Waals surface area contributed by atoms with Crippen LogP contribution < -0.4 is 5.73 Å². The van der Waals surface area contributed by atoms with Crippen LogP contribution in [0, 0.1) is 56.7 Å². The average molecular weight is 470 g/mol. The molecule has 34 heavy (non-hydrogen) atoms. The van der Waals surface area contributed by atoms with Gasteiger partial charge in [-0.3, -0.25) is 0 Å². The number of hydrogen-bond donors (Lipinski definition) is 3. The van der Waals surface area contributed by atoms with Crippen LogP contribution in [0.4, 0.5) is 0 Å². The highest BCUT2D eigenvalue weighted by Gasteiger charge is 2.71. The maximum atomic E-state index is 11.0. The summed E-state index contributed by atoms with van der Waals surface area (Å²) in [5.74, 6) is 2.87. The SMILES string of the molecule is C=C(C)[C@@H]1CC[C@]2(C(=C)N)CC[C@]3(C)C(CC[C@@H]4[C@@]5(C)CC[C@H](O)[C@@](C)(CO)[C@@H]5CC[C@]43C)[C@@H]12. The number of aliphatic hydroxyl groups is 2. The summed E-state index contributed by atoms with van der Waals surface area (Å²) in [7, 11) is 0. The monoisotopic (exact) mass is 469 g/mol. The van der Waals surface area contributed by atoms with Crippen molar-refractivity contribution >= 4 is 0 Å². The molecule has 0 aliphatic heterocycles. The molecule has 0 bridgehead atoms. The fourth-order valence-corrected chi connectivity index (χ4v) is 11.7. The van der Waals surface area contributed by atoms with Crippen molar-refractivity contribution in [1.82, 2.24) is 0 Å². The normalized spacial score (nSPS) is 56.6. The van der Waals surface area contributed by atoms with Crippen molar-refractivity contribution in [3.63, 3.8) is 0 Å². The second kappa shape index (κ2) is 7.60. The lowest BCUT2D eigenvalue weighted by atomic mass is 9.32. The van der Waals surface area contributed by atoms with Gasteiger partial charge in [-0.2, -0.15) is 0 Å². The van der Waals surface area contributed by atoms with Crippen LogP contribution in [0.1, 0.15) is 98.8 Å². The predicted octanol–water partition coefficient (Wildman–Crippen LogP) is 6.45. The molecule has 5 aliphatic rings. The first-order valence-corrected chi connectivity index (χ1v) is 14.2. The standard InChI is InChI=1S/C31H51NO2/c1-19(2)21-10-15-31(20(3)32)17-16-29(6)22(26(21)31)8-9-24-27(4)13-12-25(34)28(5,18-33)23(27)11-14-30(24,29)7/h21-26,33-34H,1,3,8-18,32H2,2,4-7H3/t21-,22?,23+,24+,25-,26+,27-,28-,29+,30+,31+/m0/s1. The van der Waals surface area contributed by atoms with E-state index in [-0.39, 0.29) is 39.8 Å². The van der Waals surface area contributed by atoms with Crippen LogP contribution in [0.25, 0.3) is 0 Å². The zero-order chi connectivity index (χ0) is 24.9. The van der Waals surface area contributed by atoms with Crippen LogP contribution in [0.5, 0.6) is 0 Å². The Kier molecular flexibility index (Phi) is 5.56. The molecule has 3 nitrogen and oxygen atoms in total. The van der Waals surface area contributed by atoms with Gasteiger partial charge in [0.2, 0.25) is 0 Å². The van der Waals surface area contributed by atoms with Crippen LogP contribution in [-0.2, 0) is 0 Å². The summed E-state index contributed by atoms with van der Waals surface area (Å²) >= 11 is 0. The van der Waals surface area contributed by atoms with E-state index in [2.05, 4.69) is 47.8 Å². The van der Waals surface area contributed by atoms with E-state index in [1.165, 1.54) is 50.5 Å². The molecule has 0 saturated heterocycles. The first kappa shape index (κ1) is 24.9. The molecule has 192 valence electrons. The minimum Gasteiger partial charge on any atom is -0.402 e. The van der Waals surface area contributed by atoms with E-state index in [9.17, 15) is 10.2 Å². The molecule has 0 radical (unpaired) electrons. The lowest BCUT2D eigenvalue weighted by Gasteiger charge is -2.73. The van der Waals surface area contributed by atoms with Crippen molar-refractivity contribution in [3.05, 3.63) is 24.4 Å². The predicted molar refractivity (Wildman–Crippen MR) is 140 cm³/mol. The number of rotatable bonds is 3. The van der Waals surface area contributed by atoms with Gasteiger partial charge in [0.15, 0.2) is 0 Å². The molecule has 0 heterocycles. The van der Waals surface area contributed by atoms with Crippen molar-refractivity contribution < 1.29 is 10.2 Å². The van der Waals surface area contributed by atoms with E-state index < -0.39 is 0 Å². The van der Waals surface area contributed by atoms with Gasteiger partial charge in [0.25, 0.3) is 0 Å². The summed E-state index contributed by atoms with van der Waals surface area (Å²) < 4.78 is 0. The summed E-state index contributed by atoms with van der Waals surface area (Å²) in [6, 6.07) is 0. The molecule has 11 atom stereocenters. The number of allylic oxidation sites excluding steroid dienone is 2. The Labute approximate surface area is 208 Å². The van der Waals surface area contributed by atoms with E-state index >= 15 is 0 Å². The zero-order valence-corrected chi connectivity index (χ0v) is 22.6. The third kappa shape index (κ3) is 2.78. The number of nitrogens with two attached hydrogens (primary N) is 1. The van der Waals surface area contributed by atoms with Gasteiger partial charge >= 0.3 is 0 Å². The molecule has 5 fully saturated rings. The summed E-state index contributed by atoms with van der Waals surface area (Å²) in [6.45, 7) is 21.1. The lowest BCUT2D eigenvalue weighted by Crippen LogP contribution is -2.67. The molecule has 5 saturated carbocycles. The van der Waals surface area contributed by atoms with Crippen molar-refractivity contribution in [3.8, 4) is 0 Å². The molecule has 4 N–H and O–H groups in total. The Morgan fingerprint density at radius 1 is 0.853 bits per heavy atom. The quantitative estimate of drug-likeness (QED) is 0.416. The summed E-state index contributed by atoms with van der Waals surface area (Å²) in [5, 5.41) is 21.4. The minimum atomic E-state index is -0.382. The summed E-state index contributed by atoms with van der Waals surface area (Å²) in [6.07, 6.45) is 11.3. The Morgan fingerprint density at radius 2 is 1.56 bits per heavy atom. The third-order valence-electron chi connectivity index (χ3n) is 13.8. The smallest absolute Gasteiger partial charge is 0.0618 e. The average Bonchev–Trinajstić information content (AvgIpc) is 3.18. The van der Waals surface area contributed by atoms with Crippen LogP contribution in [0.2, 0.25) is 0 Å². The van der Waals surface area contributed by atoms with Gasteiger partial charge in [-0.1, -0.05) is 46.4 Å². The molecule has 0 spiro atoms. The van der Waals surface area contributed by atoms with Gasteiger partial charge in [-0.25, -0.2) is 0 Å². The Balaban J connectivity index is 1.56. The molecule has 0 amide bonds. The molecule has 1 unspecified atom stereocenters. The fraction of sp³-hybridized carbons (Fsp3) is 0.871. The maximum Gasteiger partial charge on any atom is 0.0618 e. The molecular weight excluding hydrogens is 418 g/mol. The van der Waals surface area contributed by atoms with Gasteiger partial charge in [0.05, 0.1) is 12.7 Å². The van der Waals surface area contributed by atoms with Crippen LogP contribution >= 0.6 is 0 Å². The topological polar surface area (TPSA) is 66.5 Å². The third-order valence-corrected chi connectivity index (χ3v) is 13.8. The van der Waals surface area contributed by atoms with Gasteiger partial charge in [-0.15, -0.1) is 0 Å². The first-order chi connectivity index (χ1) is 15.8. The van der Waals surface area contributed by atoms with E-state index in [0.29, 0.717) is 29.6 Å². The highest BCUT2D eigenvalue weighted by atomic mass is 16.3. The van der Waals surface area contributed by atoms with Crippen molar-refractivity contribution in [2.24, 2.45) is 62.4 Å². The van der Waals surface area contributed by atoms with Crippen molar-refractivity contribution in [2.45, 2.75) is 105 Å². The van der Waals surface area contributed by atoms with Crippen LogP contribution in [0.15, 0.2) is 24.4 Å². The lowest BCUT2D eigenvalue weighted by molar-refractivity contribution is -0.252. The van der Waals surface area contributed by atoms with E-state index in [1.807, 2.05) is 0 Å². The van der Waals surface area contributed by atoms with Crippen LogP contribution in [0.3, 0.4) is 0 Å². The second-order valence-corrected chi connectivity index (χ2v) is 14.6. The second-order valence-electron chi connectivity index (χ2n) is 14.6. The van der Waals surface area contributed by atoms with Gasteiger partial charge in [0, 0.05) is 16.5 Å². The Bertz CT molecular complexity index is 883. The van der Waals surface area contributed by atoms with Crippen molar-refractivity contribution in [1.29, 1.82) is 0 Å². The zero-order valence-electron chi connectivity index (χ0n) is 22.6. The van der Waals surface area contributed by atoms with E-state index in [1.54, 1.807) is 0 Å². The molecule has 0 aromatic rings. The maximum absolute atomic E-state index is 11.0. The highest BCUT2D eigenvalue weighted by molar-refractivity contribution is 5.26. The van der Waals surface area contributed by atoms with Crippen molar-refractivity contribution in [2.75, 3.05) is 6.61 Å². The number of hydrogen-bond acceptors (Lipinski definition) is 3. The molecule has 0 aromatic heterocycles. The largest absolute Gasteiger partial charge is 0.402 e. The molecule has 5 aliphatic carbocycles. The highest BCUT2D eigenvalue weighted by Crippen LogP contribution is 2.77. The van der Waals surface area contributed by atoms with Crippen LogP contribution in [-0.4, -0.2) is 22.9 Å². The Hall–Kier alpha value is -0.800. The van der Waals surface area contributed by atoms with E-state index in [4.69, 9.17) is 5.73 Å². The molecule has 0 aromatic carbocycles. The fourth-order valence-electron chi connectivity index (χ4n) is 11.7.